The largest absolute Gasteiger partial charge is 0.493 e. The number of unbranched alkanes of at least 4 members (excludes halogenated alkanes) is 1. The normalized spacial score (nSPS) is 15.0. The standard InChI is InChI=1S/C27H37N3O3.C8H9F.C2H6/c1-5-7-10-23(20-12-13-25(32-3)26(18-20)33-4)30-19-22-21(27(30)31)9-8-11-24(22)29-16-14-28(6-2)15-17-29;1-2-7-5-3-4-6-8(7)9;1-2/h8-9,11-13,18,23H,5-7,10,14-17,19H2,1-4H3;3-6H,2H2,1H3;1-2H3/t23-;;/m1../s1. The molecule has 240 valence electrons. The van der Waals surface area contributed by atoms with Gasteiger partial charge in [-0.25, -0.2) is 4.39 Å². The number of anilines is 1. The number of carbonyl (C=O) groups excluding carboxylic acids is 1. The third-order valence-electron chi connectivity index (χ3n) is 8.47. The maximum absolute atomic E-state index is 13.6. The summed E-state index contributed by atoms with van der Waals surface area (Å²) in [5, 5.41) is 0. The third kappa shape index (κ3) is 8.32. The van der Waals surface area contributed by atoms with Gasteiger partial charge in [0.15, 0.2) is 11.5 Å². The molecule has 3 aromatic carbocycles. The second kappa shape index (κ2) is 17.6. The highest BCUT2D eigenvalue weighted by atomic mass is 19.1. The fraction of sp³-hybridized carbons (Fsp3) is 0.486. The molecular formula is C37H52FN3O3. The third-order valence-corrected chi connectivity index (χ3v) is 8.47. The number of benzene rings is 3. The molecule has 0 unspecified atom stereocenters. The van der Waals surface area contributed by atoms with Crippen molar-refractivity contribution in [3.63, 3.8) is 0 Å². The van der Waals surface area contributed by atoms with Gasteiger partial charge in [0, 0.05) is 49.5 Å². The van der Waals surface area contributed by atoms with Gasteiger partial charge in [-0.15, -0.1) is 0 Å². The molecule has 0 N–H and O–H groups in total. The first-order valence-electron chi connectivity index (χ1n) is 16.3. The minimum Gasteiger partial charge on any atom is -0.493 e. The van der Waals surface area contributed by atoms with Crippen molar-refractivity contribution < 1.29 is 18.7 Å². The molecule has 1 atom stereocenters. The molecule has 0 aromatic heterocycles. The van der Waals surface area contributed by atoms with Crippen LogP contribution in [0.3, 0.4) is 0 Å². The molecule has 0 spiro atoms. The highest BCUT2D eigenvalue weighted by molar-refractivity contribution is 6.00. The van der Waals surface area contributed by atoms with Crippen molar-refractivity contribution in [3.05, 3.63) is 88.7 Å². The molecule has 0 aliphatic carbocycles. The maximum Gasteiger partial charge on any atom is 0.255 e. The number of methoxy groups -OCH3 is 2. The fourth-order valence-corrected chi connectivity index (χ4v) is 5.94. The molecule has 3 aromatic rings. The number of amides is 1. The first-order chi connectivity index (χ1) is 21.4. The SMILES string of the molecule is CC.CCCC[C@H](c1ccc(OC)c(OC)c1)N1Cc2c(cccc2N2CCN(CC)CC2)C1=O.CCc1ccccc1F. The molecule has 7 heteroatoms. The first-order valence-corrected chi connectivity index (χ1v) is 16.3. The van der Waals surface area contributed by atoms with Crippen molar-refractivity contribution in [2.24, 2.45) is 0 Å². The van der Waals surface area contributed by atoms with Crippen LogP contribution in [0.15, 0.2) is 60.7 Å². The lowest BCUT2D eigenvalue weighted by Gasteiger charge is -2.36. The van der Waals surface area contributed by atoms with Crippen LogP contribution in [-0.2, 0) is 13.0 Å². The average molecular weight is 606 g/mol. The van der Waals surface area contributed by atoms with Gasteiger partial charge < -0.3 is 24.2 Å². The van der Waals surface area contributed by atoms with E-state index in [0.717, 1.165) is 75.1 Å². The number of halogens is 1. The van der Waals surface area contributed by atoms with Crippen molar-refractivity contribution >= 4 is 11.6 Å². The van der Waals surface area contributed by atoms with Crippen LogP contribution in [-0.4, -0.2) is 62.7 Å². The number of hydrogen-bond donors (Lipinski definition) is 0. The van der Waals surface area contributed by atoms with Crippen molar-refractivity contribution in [2.75, 3.05) is 51.8 Å². The first kappa shape index (κ1) is 34.9. The highest BCUT2D eigenvalue weighted by Gasteiger charge is 2.36. The van der Waals surface area contributed by atoms with Gasteiger partial charge >= 0.3 is 0 Å². The van der Waals surface area contributed by atoms with E-state index in [1.807, 2.05) is 51.1 Å². The second-order valence-electron chi connectivity index (χ2n) is 10.9. The Hall–Kier alpha value is -3.58. The van der Waals surface area contributed by atoms with E-state index in [1.165, 1.54) is 17.3 Å². The molecule has 2 aliphatic heterocycles. The van der Waals surface area contributed by atoms with Crippen LogP contribution in [0, 0.1) is 5.82 Å². The monoisotopic (exact) mass is 605 g/mol. The number of likely N-dealkylation sites (N-methyl/N-ethyl adjacent to an activating group) is 1. The summed E-state index contributed by atoms with van der Waals surface area (Å²) in [6, 6.07) is 19.1. The predicted octanol–water partition coefficient (Wildman–Crippen LogP) is 8.15. The Morgan fingerprint density at radius 2 is 1.57 bits per heavy atom. The van der Waals surface area contributed by atoms with E-state index in [4.69, 9.17) is 9.47 Å². The number of carbonyl (C=O) groups is 1. The van der Waals surface area contributed by atoms with Gasteiger partial charge in [0.25, 0.3) is 5.91 Å². The van der Waals surface area contributed by atoms with Gasteiger partial charge in [-0.3, -0.25) is 4.79 Å². The summed E-state index contributed by atoms with van der Waals surface area (Å²) in [6.45, 7) is 16.3. The summed E-state index contributed by atoms with van der Waals surface area (Å²) in [4.78, 5) is 20.6. The van der Waals surface area contributed by atoms with Crippen molar-refractivity contribution in [2.45, 2.75) is 72.9 Å². The minimum atomic E-state index is -0.0972. The molecule has 44 heavy (non-hydrogen) atoms. The Morgan fingerprint density at radius 3 is 2.16 bits per heavy atom. The lowest BCUT2D eigenvalue weighted by molar-refractivity contribution is 0.0688. The van der Waals surface area contributed by atoms with Crippen LogP contribution >= 0.6 is 0 Å². The molecular weight excluding hydrogens is 553 g/mol. The number of hydrogen-bond acceptors (Lipinski definition) is 5. The van der Waals surface area contributed by atoms with E-state index in [-0.39, 0.29) is 17.8 Å². The Labute approximate surface area is 264 Å². The zero-order valence-electron chi connectivity index (χ0n) is 27.9. The Bertz CT molecular complexity index is 1320. The van der Waals surface area contributed by atoms with Crippen molar-refractivity contribution in [3.8, 4) is 11.5 Å². The number of piperazine rings is 1. The van der Waals surface area contributed by atoms with E-state index in [0.29, 0.717) is 18.0 Å². The molecule has 6 nitrogen and oxygen atoms in total. The molecule has 0 bridgehead atoms. The van der Waals surface area contributed by atoms with Crippen molar-refractivity contribution in [1.82, 2.24) is 9.80 Å². The molecule has 1 fully saturated rings. The van der Waals surface area contributed by atoms with Gasteiger partial charge in [-0.2, -0.15) is 0 Å². The summed E-state index contributed by atoms with van der Waals surface area (Å²) < 4.78 is 23.6. The summed E-state index contributed by atoms with van der Waals surface area (Å²) in [5.41, 5.74) is 5.14. The molecule has 5 rings (SSSR count). The lowest BCUT2D eigenvalue weighted by Crippen LogP contribution is -2.46. The lowest BCUT2D eigenvalue weighted by atomic mass is 9.99. The molecule has 2 aliphatic rings. The van der Waals surface area contributed by atoms with Crippen LogP contribution < -0.4 is 14.4 Å². The van der Waals surface area contributed by atoms with Crippen LogP contribution in [0.2, 0.25) is 0 Å². The summed E-state index contributed by atoms with van der Waals surface area (Å²) >= 11 is 0. The quantitative estimate of drug-likeness (QED) is 0.233. The Morgan fingerprint density at radius 1 is 0.864 bits per heavy atom. The van der Waals surface area contributed by atoms with E-state index < -0.39 is 0 Å². The summed E-state index contributed by atoms with van der Waals surface area (Å²) in [5.74, 6) is 1.45. The van der Waals surface area contributed by atoms with E-state index in [1.54, 1.807) is 26.4 Å². The smallest absolute Gasteiger partial charge is 0.255 e. The maximum atomic E-state index is 13.6. The zero-order valence-corrected chi connectivity index (χ0v) is 27.9. The van der Waals surface area contributed by atoms with Gasteiger partial charge in [-0.05, 0) is 60.8 Å². The number of rotatable bonds is 10. The Kier molecular flexibility index (Phi) is 14.0. The topological polar surface area (TPSA) is 45.3 Å². The van der Waals surface area contributed by atoms with Gasteiger partial charge in [0.1, 0.15) is 5.82 Å². The van der Waals surface area contributed by atoms with Crippen molar-refractivity contribution in [1.29, 1.82) is 0 Å². The number of ether oxygens (including phenoxy) is 2. The van der Waals surface area contributed by atoms with Crippen LogP contribution in [0.4, 0.5) is 10.1 Å². The highest BCUT2D eigenvalue weighted by Crippen LogP contribution is 2.40. The molecule has 0 radical (unpaired) electrons. The van der Waals surface area contributed by atoms with Crippen LogP contribution in [0.25, 0.3) is 0 Å². The van der Waals surface area contributed by atoms with E-state index in [2.05, 4.69) is 40.7 Å². The fourth-order valence-electron chi connectivity index (χ4n) is 5.94. The van der Waals surface area contributed by atoms with Crippen LogP contribution in [0.1, 0.15) is 87.0 Å². The predicted molar refractivity (Wildman–Crippen MR) is 180 cm³/mol. The number of fused-ring (bicyclic) bond motifs is 1. The molecule has 1 amide bonds. The zero-order chi connectivity index (χ0) is 32.1. The molecule has 1 saturated heterocycles. The van der Waals surface area contributed by atoms with Crippen LogP contribution in [0.5, 0.6) is 11.5 Å². The molecule has 0 saturated carbocycles. The Balaban J connectivity index is 0.000000409. The average Bonchev–Trinajstić information content (AvgIpc) is 3.42. The van der Waals surface area contributed by atoms with Gasteiger partial charge in [0.05, 0.1) is 20.3 Å². The van der Waals surface area contributed by atoms with E-state index in [9.17, 15) is 9.18 Å². The second-order valence-corrected chi connectivity index (χ2v) is 10.9. The summed E-state index contributed by atoms with van der Waals surface area (Å²) in [6.07, 6.45) is 3.85. The van der Waals surface area contributed by atoms with Gasteiger partial charge in [-0.1, -0.05) is 77.8 Å². The molecule has 2 heterocycles. The number of nitrogens with zero attached hydrogens (tertiary/aromatic N) is 3. The number of aryl methyl sites for hydroxylation is 1. The minimum absolute atomic E-state index is 0.00875. The van der Waals surface area contributed by atoms with E-state index >= 15 is 0 Å². The summed E-state index contributed by atoms with van der Waals surface area (Å²) in [7, 11) is 3.30. The van der Waals surface area contributed by atoms with Gasteiger partial charge in [0.2, 0.25) is 0 Å².